The number of nitriles is 1. The largest absolute Gasteiger partial charge is 0.391 e. The number of benzene rings is 2. The van der Waals surface area contributed by atoms with Crippen LogP contribution in [0.15, 0.2) is 53.7 Å². The van der Waals surface area contributed by atoms with Crippen LogP contribution < -0.4 is 0 Å². The van der Waals surface area contributed by atoms with Gasteiger partial charge in [-0.1, -0.05) is 35.5 Å². The molecule has 0 atom stereocenters. The predicted octanol–water partition coefficient (Wildman–Crippen LogP) is 3.71. The number of hydrogen-bond donors (Lipinski definition) is 0. The van der Waals surface area contributed by atoms with E-state index in [0.717, 1.165) is 11.1 Å². The highest BCUT2D eigenvalue weighted by Crippen LogP contribution is 2.09. The third-order valence-electron chi connectivity index (χ3n) is 2.50. The third-order valence-corrected chi connectivity index (χ3v) is 3.22. The first kappa shape index (κ1) is 13.6. The van der Waals surface area contributed by atoms with Gasteiger partial charge in [0.15, 0.2) is 0 Å². The van der Waals surface area contributed by atoms with Crippen LogP contribution in [-0.4, -0.2) is 6.21 Å². The Balaban J connectivity index is 1.93. The zero-order valence-electron chi connectivity index (χ0n) is 10.1. The Labute approximate surface area is 125 Å². The van der Waals surface area contributed by atoms with Crippen LogP contribution in [0.4, 0.5) is 0 Å². The van der Waals surface area contributed by atoms with Crippen molar-refractivity contribution in [3.8, 4) is 6.07 Å². The molecule has 0 N–H and O–H groups in total. The van der Waals surface area contributed by atoms with Crippen LogP contribution in [0, 0.1) is 14.9 Å². The van der Waals surface area contributed by atoms with E-state index in [1.54, 1.807) is 12.3 Å². The Morgan fingerprint density at radius 1 is 1.16 bits per heavy atom. The normalized spacial score (nSPS) is 10.3. The zero-order valence-corrected chi connectivity index (χ0v) is 12.2. The molecule has 0 aliphatic heterocycles. The van der Waals surface area contributed by atoms with E-state index in [0.29, 0.717) is 12.2 Å². The summed E-state index contributed by atoms with van der Waals surface area (Å²) in [5, 5.41) is 12.8. The summed E-state index contributed by atoms with van der Waals surface area (Å²) < 4.78 is 1.18. The van der Waals surface area contributed by atoms with Crippen molar-refractivity contribution in [2.45, 2.75) is 6.61 Å². The highest BCUT2D eigenvalue weighted by Gasteiger charge is 1.99. The summed E-state index contributed by atoms with van der Waals surface area (Å²) in [4.78, 5) is 5.21. The predicted molar refractivity (Wildman–Crippen MR) is 82.7 cm³/mol. The Morgan fingerprint density at radius 3 is 2.63 bits per heavy atom. The molecule has 4 heteroatoms. The molecule has 0 spiro atoms. The van der Waals surface area contributed by atoms with Crippen molar-refractivity contribution >= 4 is 28.8 Å². The summed E-state index contributed by atoms with van der Waals surface area (Å²) in [6.45, 7) is 0.296. The van der Waals surface area contributed by atoms with Gasteiger partial charge in [-0.05, 0) is 46.4 Å². The van der Waals surface area contributed by atoms with E-state index in [1.807, 2.05) is 42.5 Å². The molecule has 94 valence electrons. The first-order chi connectivity index (χ1) is 9.29. The van der Waals surface area contributed by atoms with E-state index in [-0.39, 0.29) is 0 Å². The molecule has 3 nitrogen and oxygen atoms in total. The molecular formula is C15H11IN2O. The van der Waals surface area contributed by atoms with Crippen LogP contribution in [0.25, 0.3) is 0 Å². The van der Waals surface area contributed by atoms with Crippen molar-refractivity contribution in [1.82, 2.24) is 0 Å². The first-order valence-electron chi connectivity index (χ1n) is 5.68. The Morgan fingerprint density at radius 2 is 1.89 bits per heavy atom. The van der Waals surface area contributed by atoms with Gasteiger partial charge < -0.3 is 4.84 Å². The number of rotatable bonds is 4. The van der Waals surface area contributed by atoms with E-state index in [2.05, 4.69) is 33.8 Å². The molecule has 0 unspecified atom stereocenters. The van der Waals surface area contributed by atoms with Crippen LogP contribution in [0.3, 0.4) is 0 Å². The van der Waals surface area contributed by atoms with Gasteiger partial charge in [-0.3, -0.25) is 0 Å². The van der Waals surface area contributed by atoms with Crippen molar-refractivity contribution in [2.24, 2.45) is 5.16 Å². The molecule has 0 heterocycles. The van der Waals surface area contributed by atoms with Crippen LogP contribution >= 0.6 is 22.6 Å². The molecule has 0 bridgehead atoms. The Hall–Kier alpha value is -1.87. The van der Waals surface area contributed by atoms with Gasteiger partial charge in [0, 0.05) is 9.13 Å². The fourth-order valence-corrected chi connectivity index (χ4v) is 1.87. The first-order valence-corrected chi connectivity index (χ1v) is 6.76. The van der Waals surface area contributed by atoms with E-state index in [4.69, 9.17) is 10.1 Å². The second-order valence-electron chi connectivity index (χ2n) is 3.83. The molecule has 0 amide bonds. The van der Waals surface area contributed by atoms with Gasteiger partial charge in [0.2, 0.25) is 0 Å². The van der Waals surface area contributed by atoms with Crippen LogP contribution in [-0.2, 0) is 11.4 Å². The molecule has 0 aliphatic carbocycles. The molecule has 0 fully saturated rings. The SMILES string of the molecule is N#Cc1ccccc1CO/N=C\c1ccc(I)cc1. The summed E-state index contributed by atoms with van der Waals surface area (Å²) in [5.74, 6) is 0. The average molecular weight is 362 g/mol. The minimum Gasteiger partial charge on any atom is -0.391 e. The molecule has 0 aliphatic rings. The monoisotopic (exact) mass is 362 g/mol. The molecule has 0 radical (unpaired) electrons. The molecule has 19 heavy (non-hydrogen) atoms. The van der Waals surface area contributed by atoms with Gasteiger partial charge >= 0.3 is 0 Å². The lowest BCUT2D eigenvalue weighted by molar-refractivity contribution is 0.132. The number of oxime groups is 1. The number of hydrogen-bond acceptors (Lipinski definition) is 3. The lowest BCUT2D eigenvalue weighted by Crippen LogP contribution is -1.92. The number of nitrogens with zero attached hydrogens (tertiary/aromatic N) is 2. The molecule has 2 aromatic carbocycles. The van der Waals surface area contributed by atoms with Crippen molar-refractivity contribution in [2.75, 3.05) is 0 Å². The lowest BCUT2D eigenvalue weighted by atomic mass is 10.1. The van der Waals surface area contributed by atoms with Crippen LogP contribution in [0.2, 0.25) is 0 Å². The van der Waals surface area contributed by atoms with E-state index >= 15 is 0 Å². The fraction of sp³-hybridized carbons (Fsp3) is 0.0667. The highest BCUT2D eigenvalue weighted by molar-refractivity contribution is 14.1. The van der Waals surface area contributed by atoms with Gasteiger partial charge in [0.25, 0.3) is 0 Å². The van der Waals surface area contributed by atoms with Gasteiger partial charge in [0.1, 0.15) is 6.61 Å². The maximum absolute atomic E-state index is 8.93. The molecule has 0 saturated heterocycles. The summed E-state index contributed by atoms with van der Waals surface area (Å²) in [6.07, 6.45) is 1.66. The summed E-state index contributed by atoms with van der Waals surface area (Å²) >= 11 is 2.25. The maximum Gasteiger partial charge on any atom is 0.143 e. The maximum atomic E-state index is 8.93. The van der Waals surface area contributed by atoms with Gasteiger partial charge in [-0.15, -0.1) is 0 Å². The van der Waals surface area contributed by atoms with Crippen molar-refractivity contribution in [1.29, 1.82) is 5.26 Å². The van der Waals surface area contributed by atoms with Crippen molar-refractivity contribution in [3.63, 3.8) is 0 Å². The summed E-state index contributed by atoms with van der Waals surface area (Å²) in [6, 6.07) is 17.4. The van der Waals surface area contributed by atoms with Crippen LogP contribution in [0.1, 0.15) is 16.7 Å². The molecule has 2 rings (SSSR count). The smallest absolute Gasteiger partial charge is 0.143 e. The van der Waals surface area contributed by atoms with E-state index in [9.17, 15) is 0 Å². The third kappa shape index (κ3) is 4.07. The summed E-state index contributed by atoms with van der Waals surface area (Å²) in [7, 11) is 0. The lowest BCUT2D eigenvalue weighted by Gasteiger charge is -2.01. The quantitative estimate of drug-likeness (QED) is 0.473. The second kappa shape index (κ2) is 6.90. The molecular weight excluding hydrogens is 351 g/mol. The average Bonchev–Trinajstić information content (AvgIpc) is 2.46. The fourth-order valence-electron chi connectivity index (χ4n) is 1.51. The Kier molecular flexibility index (Phi) is 4.93. The van der Waals surface area contributed by atoms with E-state index < -0.39 is 0 Å². The second-order valence-corrected chi connectivity index (χ2v) is 5.07. The van der Waals surface area contributed by atoms with Gasteiger partial charge in [-0.25, -0.2) is 0 Å². The van der Waals surface area contributed by atoms with Gasteiger partial charge in [0.05, 0.1) is 17.8 Å². The highest BCUT2D eigenvalue weighted by atomic mass is 127. The molecule has 0 aromatic heterocycles. The molecule has 2 aromatic rings. The Bertz CT molecular complexity index is 615. The molecule has 0 saturated carbocycles. The van der Waals surface area contributed by atoms with Crippen LogP contribution in [0.5, 0.6) is 0 Å². The summed E-state index contributed by atoms with van der Waals surface area (Å²) in [5.41, 5.74) is 2.44. The van der Waals surface area contributed by atoms with Crippen molar-refractivity contribution < 1.29 is 4.84 Å². The number of halogens is 1. The standard InChI is InChI=1S/C15H11IN2O/c16-15-7-5-12(6-8-15)10-18-19-11-14-4-2-1-3-13(14)9-17/h1-8,10H,11H2/b18-10-. The van der Waals surface area contributed by atoms with E-state index in [1.165, 1.54) is 3.57 Å². The van der Waals surface area contributed by atoms with Crippen molar-refractivity contribution in [3.05, 3.63) is 68.8 Å². The minimum absolute atomic E-state index is 0.296. The van der Waals surface area contributed by atoms with Gasteiger partial charge in [-0.2, -0.15) is 5.26 Å². The minimum atomic E-state index is 0.296. The topological polar surface area (TPSA) is 45.4 Å². The zero-order chi connectivity index (χ0) is 13.5.